The van der Waals surface area contributed by atoms with E-state index in [9.17, 15) is 9.59 Å². The van der Waals surface area contributed by atoms with Crippen molar-refractivity contribution in [1.29, 1.82) is 0 Å². The number of hydrogen-bond donors (Lipinski definition) is 3. The highest BCUT2D eigenvalue weighted by atomic mass is 35.5. The number of halogens is 2. The summed E-state index contributed by atoms with van der Waals surface area (Å²) in [4.78, 5) is 23.3. The fourth-order valence-corrected chi connectivity index (χ4v) is 3.84. The molecule has 1 amide bonds. The Morgan fingerprint density at radius 1 is 0.939 bits per heavy atom. The van der Waals surface area contributed by atoms with E-state index in [1.54, 1.807) is 18.2 Å². The zero-order valence-electron chi connectivity index (χ0n) is 18.9. The molecule has 0 saturated carbocycles. The lowest BCUT2D eigenvalue weighted by atomic mass is 9.92. The number of benzene rings is 3. The van der Waals surface area contributed by atoms with Crippen molar-refractivity contribution in [3.8, 4) is 11.1 Å². The van der Waals surface area contributed by atoms with Crippen LogP contribution in [0.1, 0.15) is 42.3 Å². The van der Waals surface area contributed by atoms with Crippen molar-refractivity contribution >= 4 is 40.8 Å². The molecule has 3 aromatic carbocycles. The first-order chi connectivity index (χ1) is 15.5. The Morgan fingerprint density at radius 2 is 1.64 bits per heavy atom. The second-order valence-corrected chi connectivity index (χ2v) is 9.34. The number of carbonyl (C=O) groups is 2. The van der Waals surface area contributed by atoms with Gasteiger partial charge in [0.25, 0.3) is 5.91 Å². The summed E-state index contributed by atoms with van der Waals surface area (Å²) in [5.74, 6) is -1.64. The van der Waals surface area contributed by atoms with E-state index in [4.69, 9.17) is 28.3 Å². The average molecular weight is 485 g/mol. The van der Waals surface area contributed by atoms with Crippen molar-refractivity contribution in [2.75, 3.05) is 5.32 Å². The fourth-order valence-electron chi connectivity index (χ4n) is 3.46. The first-order valence-corrected chi connectivity index (χ1v) is 11.2. The zero-order valence-corrected chi connectivity index (χ0v) is 20.4. The molecule has 5 nitrogen and oxygen atoms in total. The molecule has 0 aliphatic heterocycles. The number of nitrogens with one attached hydrogen (secondary N) is 2. The fraction of sp³-hybridized carbons (Fsp3) is 0.231. The van der Waals surface area contributed by atoms with Gasteiger partial charge in [0, 0.05) is 10.7 Å². The maximum Gasteiger partial charge on any atom is 0.325 e. The van der Waals surface area contributed by atoms with Gasteiger partial charge in [-0.15, -0.1) is 0 Å². The van der Waals surface area contributed by atoms with E-state index in [0.29, 0.717) is 0 Å². The van der Waals surface area contributed by atoms with Crippen LogP contribution >= 0.6 is 23.2 Å². The summed E-state index contributed by atoms with van der Waals surface area (Å²) >= 11 is 12.5. The largest absolute Gasteiger partial charge is 0.480 e. The van der Waals surface area contributed by atoms with E-state index in [1.165, 1.54) is 6.92 Å². The van der Waals surface area contributed by atoms with E-state index in [2.05, 4.69) is 30.5 Å². The molecule has 172 valence electrons. The van der Waals surface area contributed by atoms with Crippen LogP contribution in [0.4, 0.5) is 5.69 Å². The predicted octanol–water partition coefficient (Wildman–Crippen LogP) is 6.52. The van der Waals surface area contributed by atoms with Gasteiger partial charge in [-0.2, -0.15) is 0 Å². The minimum Gasteiger partial charge on any atom is -0.480 e. The number of anilines is 1. The van der Waals surface area contributed by atoms with Crippen molar-refractivity contribution in [3.05, 3.63) is 87.4 Å². The van der Waals surface area contributed by atoms with Gasteiger partial charge in [0.05, 0.1) is 16.1 Å². The molecule has 3 aromatic rings. The van der Waals surface area contributed by atoms with Crippen LogP contribution in [0.3, 0.4) is 0 Å². The molecule has 0 aliphatic rings. The van der Waals surface area contributed by atoms with Gasteiger partial charge in [-0.1, -0.05) is 53.5 Å². The Labute approximate surface area is 203 Å². The van der Waals surface area contributed by atoms with Crippen LogP contribution in [0, 0.1) is 6.92 Å². The minimum absolute atomic E-state index is 0.224. The van der Waals surface area contributed by atoms with Gasteiger partial charge in [-0.3, -0.25) is 9.59 Å². The number of aliphatic carboxylic acids is 1. The molecule has 7 heteroatoms. The number of aryl methyl sites for hydroxylation is 1. The first kappa shape index (κ1) is 24.6. The van der Waals surface area contributed by atoms with Gasteiger partial charge in [0.1, 0.15) is 6.04 Å². The van der Waals surface area contributed by atoms with E-state index < -0.39 is 17.9 Å². The summed E-state index contributed by atoms with van der Waals surface area (Å²) in [6.07, 6.45) is 0. The normalized spacial score (nSPS) is 12.2. The number of carbonyl (C=O) groups excluding carboxylic acids is 1. The Bertz CT molecular complexity index is 1210. The summed E-state index contributed by atoms with van der Waals surface area (Å²) in [7, 11) is 0. The third kappa shape index (κ3) is 5.86. The smallest absolute Gasteiger partial charge is 0.325 e. The summed E-state index contributed by atoms with van der Waals surface area (Å²) < 4.78 is 0. The second-order valence-electron chi connectivity index (χ2n) is 8.52. The predicted molar refractivity (Wildman–Crippen MR) is 134 cm³/mol. The third-order valence-corrected chi connectivity index (χ3v) is 6.20. The molecular weight excluding hydrogens is 459 g/mol. The first-order valence-electron chi connectivity index (χ1n) is 10.5. The lowest BCUT2D eigenvalue weighted by molar-refractivity contribution is -0.138. The van der Waals surface area contributed by atoms with Crippen molar-refractivity contribution < 1.29 is 14.7 Å². The van der Waals surface area contributed by atoms with Gasteiger partial charge in [-0.05, 0) is 80.3 Å². The molecule has 0 radical (unpaired) electrons. The standard InChI is InChI=1S/C26H26Cl2N2O3/c1-15-12-19(9-11-22(15)27)26(3,4)30-20-7-5-6-17(13-20)18-8-10-21(23(28)14-18)24(31)29-16(2)25(32)33/h5-14,16,30H,1-4H3,(H,29,31)(H,32,33)/t16-/m0/s1. The van der Waals surface area contributed by atoms with E-state index in [-0.39, 0.29) is 16.1 Å². The van der Waals surface area contributed by atoms with Crippen LogP contribution in [-0.4, -0.2) is 23.0 Å². The van der Waals surface area contributed by atoms with Gasteiger partial charge >= 0.3 is 5.97 Å². The molecule has 0 heterocycles. The highest BCUT2D eigenvalue weighted by molar-refractivity contribution is 6.34. The Balaban J connectivity index is 1.83. The summed E-state index contributed by atoms with van der Waals surface area (Å²) in [5.41, 5.74) is 4.72. The molecule has 0 spiro atoms. The Morgan fingerprint density at radius 3 is 2.27 bits per heavy atom. The summed E-state index contributed by atoms with van der Waals surface area (Å²) in [6, 6.07) is 18.0. The molecule has 3 rings (SSSR count). The SMILES string of the molecule is Cc1cc(C(C)(C)Nc2cccc(-c3ccc(C(=O)N[C@@H](C)C(=O)O)c(Cl)c3)c2)ccc1Cl. The van der Waals surface area contributed by atoms with Crippen LogP contribution in [0.15, 0.2) is 60.7 Å². The lowest BCUT2D eigenvalue weighted by Crippen LogP contribution is -2.38. The summed E-state index contributed by atoms with van der Waals surface area (Å²) in [6.45, 7) is 7.59. The van der Waals surface area contributed by atoms with Crippen LogP contribution in [0.25, 0.3) is 11.1 Å². The van der Waals surface area contributed by atoms with E-state index >= 15 is 0 Å². The van der Waals surface area contributed by atoms with Crippen molar-refractivity contribution in [2.24, 2.45) is 0 Å². The van der Waals surface area contributed by atoms with Crippen molar-refractivity contribution in [2.45, 2.75) is 39.3 Å². The van der Waals surface area contributed by atoms with Crippen LogP contribution < -0.4 is 10.6 Å². The third-order valence-electron chi connectivity index (χ3n) is 5.46. The molecule has 0 saturated heterocycles. The van der Waals surface area contributed by atoms with E-state index in [1.807, 2.05) is 43.3 Å². The topological polar surface area (TPSA) is 78.4 Å². The van der Waals surface area contributed by atoms with E-state index in [0.717, 1.165) is 33.0 Å². The molecule has 0 aromatic heterocycles. The molecule has 0 fully saturated rings. The van der Waals surface area contributed by atoms with Gasteiger partial charge < -0.3 is 15.7 Å². The highest BCUT2D eigenvalue weighted by Gasteiger charge is 2.21. The number of carboxylic acids is 1. The quantitative estimate of drug-likeness (QED) is 0.356. The molecule has 3 N–H and O–H groups in total. The molecule has 1 atom stereocenters. The Kier molecular flexibility index (Phi) is 7.35. The van der Waals surface area contributed by atoms with Gasteiger partial charge in [-0.25, -0.2) is 0 Å². The number of carboxylic acid groups (broad SMARTS) is 1. The lowest BCUT2D eigenvalue weighted by Gasteiger charge is -2.29. The zero-order chi connectivity index (χ0) is 24.3. The van der Waals surface area contributed by atoms with Crippen LogP contribution in [-0.2, 0) is 10.3 Å². The van der Waals surface area contributed by atoms with Crippen LogP contribution in [0.2, 0.25) is 10.0 Å². The number of hydrogen-bond acceptors (Lipinski definition) is 3. The highest BCUT2D eigenvalue weighted by Crippen LogP contribution is 2.32. The Hall–Kier alpha value is -3.02. The molecule has 33 heavy (non-hydrogen) atoms. The maximum absolute atomic E-state index is 12.3. The number of rotatable bonds is 7. The van der Waals surface area contributed by atoms with Crippen molar-refractivity contribution in [1.82, 2.24) is 5.32 Å². The molecular formula is C26H26Cl2N2O3. The molecule has 0 unspecified atom stereocenters. The van der Waals surface area contributed by atoms with Crippen LogP contribution in [0.5, 0.6) is 0 Å². The molecule has 0 aliphatic carbocycles. The summed E-state index contributed by atoms with van der Waals surface area (Å²) in [5, 5.41) is 16.0. The maximum atomic E-state index is 12.3. The van der Waals surface area contributed by atoms with Crippen molar-refractivity contribution in [3.63, 3.8) is 0 Å². The average Bonchev–Trinajstić information content (AvgIpc) is 2.75. The minimum atomic E-state index is -1.11. The number of amides is 1. The molecule has 0 bridgehead atoms. The van der Waals surface area contributed by atoms with Gasteiger partial charge in [0.15, 0.2) is 0 Å². The monoisotopic (exact) mass is 484 g/mol. The van der Waals surface area contributed by atoms with Gasteiger partial charge in [0.2, 0.25) is 0 Å². The second kappa shape index (κ2) is 9.86.